The van der Waals surface area contributed by atoms with Gasteiger partial charge in [0, 0.05) is 37.9 Å². The molecule has 0 amide bonds. The number of benzene rings is 1. The Bertz CT molecular complexity index is 1410. The number of rotatable bonds is 22. The lowest BCUT2D eigenvalue weighted by molar-refractivity contribution is -0.184. The van der Waals surface area contributed by atoms with Crippen LogP contribution >= 0.6 is 0 Å². The van der Waals surface area contributed by atoms with Crippen LogP contribution in [0.15, 0.2) is 49.6 Å². The molecule has 0 bridgehead atoms. The van der Waals surface area contributed by atoms with Crippen LogP contribution < -0.4 is 4.74 Å². The molecule has 306 valence electrons. The smallest absolute Gasteiger partial charge is 0.194 e. The van der Waals surface area contributed by atoms with Crippen LogP contribution in [-0.4, -0.2) is 90.9 Å². The van der Waals surface area contributed by atoms with E-state index in [1.807, 2.05) is 78.8 Å². The van der Waals surface area contributed by atoms with E-state index in [0.29, 0.717) is 0 Å². The molecule has 11 heteroatoms. The van der Waals surface area contributed by atoms with Crippen LogP contribution in [0.4, 0.5) is 0 Å². The third-order valence-corrected chi connectivity index (χ3v) is 15.0. The van der Waals surface area contributed by atoms with Crippen LogP contribution in [-0.2, 0) is 49.0 Å². The zero-order valence-electron chi connectivity index (χ0n) is 35.8. The molecule has 0 aliphatic carbocycles. The molecule has 1 aliphatic rings. The van der Waals surface area contributed by atoms with Gasteiger partial charge in [0.05, 0.1) is 19.8 Å². The molecular formula is C43H70O10Si. The van der Waals surface area contributed by atoms with Gasteiger partial charge in [0.1, 0.15) is 49.4 Å². The zero-order valence-corrected chi connectivity index (χ0v) is 36.8. The maximum atomic E-state index is 13.8. The van der Waals surface area contributed by atoms with Crippen molar-refractivity contribution < 1.29 is 47.1 Å². The monoisotopic (exact) mass is 774 g/mol. The fourth-order valence-corrected chi connectivity index (χ4v) is 7.61. The number of hydrogen-bond donors (Lipinski definition) is 0. The maximum absolute atomic E-state index is 13.8. The molecule has 1 aromatic rings. The zero-order chi connectivity index (χ0) is 41.1. The lowest BCUT2D eigenvalue weighted by Crippen LogP contribution is -2.59. The van der Waals surface area contributed by atoms with Crippen LogP contribution in [0, 0.1) is 29.1 Å². The normalized spacial score (nSPS) is 21.5. The van der Waals surface area contributed by atoms with Crippen molar-refractivity contribution in [3.63, 3.8) is 0 Å². The van der Waals surface area contributed by atoms with E-state index >= 15 is 0 Å². The average Bonchev–Trinajstić information content (AvgIpc) is 3.43. The molecule has 0 N–H and O–H groups in total. The molecule has 1 aromatic carbocycles. The van der Waals surface area contributed by atoms with Gasteiger partial charge in [0.2, 0.25) is 0 Å². The van der Waals surface area contributed by atoms with Crippen molar-refractivity contribution in [2.45, 2.75) is 142 Å². The SMILES string of the molecule is C=C[C@H](C)[C@H](OCOC)C(=O)C[C@H](C)[C@@H](C#C[C@@](C)(O[Si](C)(C)C(C)(C)C)[C@@H]1OC(C)(C)O[C@@H]1[C@@H](OCOC)C(C)(C)C=C)OCc1ccc(OC)cc1. The lowest BCUT2D eigenvalue weighted by Gasteiger charge is -2.46. The minimum absolute atomic E-state index is 0.0119. The van der Waals surface area contributed by atoms with Gasteiger partial charge in [-0.2, -0.15) is 0 Å². The number of carbonyl (C=O) groups excluding carboxylic acids is 1. The summed E-state index contributed by atoms with van der Waals surface area (Å²) in [5.41, 5.74) is -0.818. The summed E-state index contributed by atoms with van der Waals surface area (Å²) in [4.78, 5) is 13.8. The Morgan fingerprint density at radius 3 is 2.06 bits per heavy atom. The topological polar surface area (TPSA) is 100 Å². The van der Waals surface area contributed by atoms with Crippen LogP contribution in [0.1, 0.15) is 81.2 Å². The molecule has 0 unspecified atom stereocenters. The van der Waals surface area contributed by atoms with Crippen LogP contribution in [0.5, 0.6) is 5.75 Å². The summed E-state index contributed by atoms with van der Waals surface area (Å²) in [5.74, 6) is 6.11. The second-order valence-corrected chi connectivity index (χ2v) is 21.8. The highest BCUT2D eigenvalue weighted by Crippen LogP contribution is 2.46. The molecule has 1 aliphatic heterocycles. The van der Waals surface area contributed by atoms with Gasteiger partial charge in [-0.15, -0.1) is 13.2 Å². The molecule has 1 heterocycles. The number of ketones is 1. The first kappa shape index (κ1) is 47.8. The molecule has 0 spiro atoms. The fourth-order valence-electron chi connectivity index (χ4n) is 6.08. The van der Waals surface area contributed by atoms with E-state index in [-0.39, 0.29) is 49.3 Å². The van der Waals surface area contributed by atoms with Crippen molar-refractivity contribution in [3.8, 4) is 17.6 Å². The van der Waals surface area contributed by atoms with E-state index < -0.39 is 55.6 Å². The van der Waals surface area contributed by atoms with Crippen molar-refractivity contribution in [1.82, 2.24) is 0 Å². The summed E-state index contributed by atoms with van der Waals surface area (Å²) in [6.45, 7) is 32.9. The molecule has 0 aromatic heterocycles. The molecular weight excluding hydrogens is 705 g/mol. The third-order valence-electron chi connectivity index (χ3n) is 10.5. The molecule has 8 atom stereocenters. The Morgan fingerprint density at radius 1 is 0.944 bits per heavy atom. The summed E-state index contributed by atoms with van der Waals surface area (Å²) in [7, 11) is 2.23. The molecule has 10 nitrogen and oxygen atoms in total. The van der Waals surface area contributed by atoms with Crippen molar-refractivity contribution >= 4 is 14.1 Å². The van der Waals surface area contributed by atoms with Gasteiger partial charge < -0.3 is 42.3 Å². The third kappa shape index (κ3) is 13.1. The first-order valence-corrected chi connectivity index (χ1v) is 21.7. The first-order valence-electron chi connectivity index (χ1n) is 18.8. The van der Waals surface area contributed by atoms with E-state index in [0.717, 1.165) is 11.3 Å². The minimum Gasteiger partial charge on any atom is -0.497 e. The summed E-state index contributed by atoms with van der Waals surface area (Å²) >= 11 is 0. The number of methoxy groups -OCH3 is 3. The largest absolute Gasteiger partial charge is 0.497 e. The van der Waals surface area contributed by atoms with Gasteiger partial charge in [-0.25, -0.2) is 0 Å². The standard InChI is InChI=1S/C43H70O10Si/c1-18-30(3)36(49-28-45-13)34(44)26-31(4)35(48-27-32-20-22-33(47-15)23-21-32)24-25-43(12,53-54(16,17)40(5,6)7)39-37(51-42(10,11)52-39)38(50-29-46-14)41(8,9)19-2/h18-23,30-31,35-39H,1-2,26-29H2,3-17H3/t30-,31-,35+,36-,37+,38+,39+,43+/m0/s1. The Hall–Kier alpha value is -2.37. The second kappa shape index (κ2) is 20.2. The molecule has 54 heavy (non-hydrogen) atoms. The minimum atomic E-state index is -2.52. The highest BCUT2D eigenvalue weighted by Gasteiger charge is 2.58. The number of hydrogen-bond acceptors (Lipinski definition) is 10. The van der Waals surface area contributed by atoms with E-state index in [9.17, 15) is 4.79 Å². The summed E-state index contributed by atoms with van der Waals surface area (Å²) < 4.78 is 55.3. The first-order chi connectivity index (χ1) is 25.0. The number of Topliss-reactive ketones (excluding diaryl/α,β-unsaturated/α-hetero) is 1. The van der Waals surface area contributed by atoms with Gasteiger partial charge in [0.25, 0.3) is 0 Å². The van der Waals surface area contributed by atoms with Gasteiger partial charge in [-0.05, 0) is 56.6 Å². The summed E-state index contributed by atoms with van der Waals surface area (Å²) in [5, 5.41) is -0.157. The van der Waals surface area contributed by atoms with Gasteiger partial charge in [-0.3, -0.25) is 4.79 Å². The van der Waals surface area contributed by atoms with Crippen molar-refractivity contribution in [3.05, 3.63) is 55.1 Å². The molecule has 0 saturated carbocycles. The number of carbonyl (C=O) groups is 1. The van der Waals surface area contributed by atoms with Crippen LogP contribution in [0.25, 0.3) is 0 Å². The van der Waals surface area contributed by atoms with Crippen LogP contribution in [0.3, 0.4) is 0 Å². The lowest BCUT2D eigenvalue weighted by atomic mass is 9.79. The van der Waals surface area contributed by atoms with Gasteiger partial charge in [-0.1, -0.05) is 84.6 Å². The summed E-state index contributed by atoms with van der Waals surface area (Å²) in [6.07, 6.45) is 0.459. The Labute approximate surface area is 327 Å². The Kier molecular flexibility index (Phi) is 17.8. The molecule has 1 fully saturated rings. The second-order valence-electron chi connectivity index (χ2n) is 17.1. The fraction of sp³-hybridized carbons (Fsp3) is 0.698. The molecule has 0 radical (unpaired) electrons. The number of ether oxygens (including phenoxy) is 8. The Balaban J connectivity index is 2.76. The maximum Gasteiger partial charge on any atom is 0.194 e. The predicted molar refractivity (Wildman–Crippen MR) is 215 cm³/mol. The highest BCUT2D eigenvalue weighted by atomic mass is 28.4. The van der Waals surface area contributed by atoms with E-state index in [4.69, 9.17) is 42.3 Å². The van der Waals surface area contributed by atoms with Gasteiger partial charge in [0.15, 0.2) is 19.9 Å². The van der Waals surface area contributed by atoms with Crippen LogP contribution in [0.2, 0.25) is 18.1 Å². The average molecular weight is 775 g/mol. The Morgan fingerprint density at radius 2 is 1.54 bits per heavy atom. The summed E-state index contributed by atoms with van der Waals surface area (Å²) in [6, 6.07) is 7.66. The van der Waals surface area contributed by atoms with E-state index in [1.165, 1.54) is 7.11 Å². The van der Waals surface area contributed by atoms with E-state index in [1.54, 1.807) is 20.3 Å². The van der Waals surface area contributed by atoms with Crippen molar-refractivity contribution in [2.24, 2.45) is 17.3 Å². The highest BCUT2D eigenvalue weighted by molar-refractivity contribution is 6.74. The molecule has 1 saturated heterocycles. The van der Waals surface area contributed by atoms with Gasteiger partial charge >= 0.3 is 0 Å². The predicted octanol–water partition coefficient (Wildman–Crippen LogP) is 8.49. The van der Waals surface area contributed by atoms with Crippen molar-refractivity contribution in [2.75, 3.05) is 34.9 Å². The van der Waals surface area contributed by atoms with Crippen molar-refractivity contribution in [1.29, 1.82) is 0 Å². The molecule has 2 rings (SSSR count). The van der Waals surface area contributed by atoms with E-state index in [2.05, 4.69) is 58.9 Å². The quantitative estimate of drug-likeness (QED) is 0.0494.